The largest absolute Gasteiger partial charge is 0.459 e. The van der Waals surface area contributed by atoms with Gasteiger partial charge in [-0.15, -0.1) is 11.3 Å². The summed E-state index contributed by atoms with van der Waals surface area (Å²) in [5.41, 5.74) is 2.25. The van der Waals surface area contributed by atoms with Crippen molar-refractivity contribution >= 4 is 28.3 Å². The van der Waals surface area contributed by atoms with Gasteiger partial charge in [-0.1, -0.05) is 36.4 Å². The van der Waals surface area contributed by atoms with Gasteiger partial charge in [-0.3, -0.25) is 14.9 Å². The summed E-state index contributed by atoms with van der Waals surface area (Å²) in [5, 5.41) is 4.78. The van der Waals surface area contributed by atoms with E-state index < -0.39 is 0 Å². The van der Waals surface area contributed by atoms with E-state index in [9.17, 15) is 9.59 Å². The van der Waals surface area contributed by atoms with Crippen LogP contribution in [0.4, 0.5) is 5.13 Å². The van der Waals surface area contributed by atoms with Gasteiger partial charge in [0.25, 0.3) is 11.8 Å². The van der Waals surface area contributed by atoms with Crippen molar-refractivity contribution in [2.75, 3.05) is 5.32 Å². The molecule has 0 spiro atoms. The molecule has 2 amide bonds. The van der Waals surface area contributed by atoms with E-state index in [2.05, 4.69) is 15.3 Å². The van der Waals surface area contributed by atoms with Crippen molar-refractivity contribution in [3.8, 4) is 0 Å². The van der Waals surface area contributed by atoms with Gasteiger partial charge in [-0.05, 0) is 29.8 Å². The van der Waals surface area contributed by atoms with Crippen LogP contribution in [-0.2, 0) is 17.8 Å². The predicted molar refractivity (Wildman–Crippen MR) is 113 cm³/mol. The topological polar surface area (TPSA) is 89.5 Å². The molecule has 30 heavy (non-hydrogen) atoms. The van der Waals surface area contributed by atoms with Crippen molar-refractivity contribution in [3.63, 3.8) is 0 Å². The van der Waals surface area contributed by atoms with Crippen LogP contribution in [0.5, 0.6) is 0 Å². The molecule has 4 rings (SSSR count). The van der Waals surface area contributed by atoms with Gasteiger partial charge in [-0.25, -0.2) is 4.98 Å². The molecule has 4 aromatic rings. The number of benzene rings is 1. The number of carbonyl (C=O) groups is 2. The number of carbonyl (C=O) groups excluding carboxylic acids is 2. The molecule has 0 saturated heterocycles. The number of rotatable bonds is 6. The Bertz CT molecular complexity index is 1210. The Morgan fingerprint density at radius 1 is 1.07 bits per heavy atom. The summed E-state index contributed by atoms with van der Waals surface area (Å²) < 4.78 is 6.97. The lowest BCUT2D eigenvalue weighted by Gasteiger charge is -2.07. The van der Waals surface area contributed by atoms with E-state index in [1.165, 1.54) is 17.6 Å². The number of hydrogen-bond acceptors (Lipinski definition) is 5. The Labute approximate surface area is 176 Å². The van der Waals surface area contributed by atoms with E-state index in [0.717, 1.165) is 5.56 Å². The fourth-order valence-corrected chi connectivity index (χ4v) is 3.52. The Balaban J connectivity index is 1.44. The molecule has 0 bridgehead atoms. The number of furan rings is 1. The predicted octanol–water partition coefficient (Wildman–Crippen LogP) is 3.51. The van der Waals surface area contributed by atoms with Gasteiger partial charge >= 0.3 is 0 Å². The third-order valence-electron chi connectivity index (χ3n) is 4.20. The van der Waals surface area contributed by atoms with Gasteiger partial charge in [0.2, 0.25) is 0 Å². The maximum atomic E-state index is 12.5. The lowest BCUT2D eigenvalue weighted by atomic mass is 10.2. The molecule has 150 valence electrons. The molecule has 1 aromatic carbocycles. The van der Waals surface area contributed by atoms with E-state index >= 15 is 0 Å². The van der Waals surface area contributed by atoms with Crippen molar-refractivity contribution in [2.45, 2.75) is 13.0 Å². The Morgan fingerprint density at radius 2 is 1.90 bits per heavy atom. The van der Waals surface area contributed by atoms with Crippen LogP contribution in [0.15, 0.2) is 87.9 Å². The summed E-state index contributed by atoms with van der Waals surface area (Å²) >= 11 is 1.24. The monoisotopic (exact) mass is 418 g/mol. The number of nitrogens with one attached hydrogen (secondary N) is 1. The van der Waals surface area contributed by atoms with E-state index in [1.807, 2.05) is 53.2 Å². The third-order valence-corrected chi connectivity index (χ3v) is 5.01. The van der Waals surface area contributed by atoms with Crippen LogP contribution in [0.1, 0.15) is 21.8 Å². The second-order valence-corrected chi connectivity index (χ2v) is 7.29. The Morgan fingerprint density at radius 3 is 2.70 bits per heavy atom. The van der Waals surface area contributed by atoms with Crippen molar-refractivity contribution in [3.05, 3.63) is 101 Å². The maximum Gasteiger partial charge on any atom is 0.293 e. The molecule has 3 heterocycles. The molecule has 3 aromatic heterocycles. The fourth-order valence-electron chi connectivity index (χ4n) is 2.82. The third kappa shape index (κ3) is 4.98. The minimum absolute atomic E-state index is 0.0490. The molecule has 0 radical (unpaired) electrons. The highest BCUT2D eigenvalue weighted by atomic mass is 32.1. The molecule has 0 atom stereocenters. The summed E-state index contributed by atoms with van der Waals surface area (Å²) in [6.45, 7) is 0.619. The van der Waals surface area contributed by atoms with Crippen molar-refractivity contribution in [1.82, 2.24) is 9.55 Å². The van der Waals surface area contributed by atoms with Crippen LogP contribution in [0.3, 0.4) is 0 Å². The number of pyridine rings is 1. The molecule has 1 N–H and O–H groups in total. The number of aromatic nitrogens is 2. The molecule has 0 aliphatic rings. The SMILES string of the molecule is O=C(Cc1csc(NC(=O)c2ccco2)n1)N=c1ccccn1Cc1ccccc1. The van der Waals surface area contributed by atoms with Gasteiger partial charge in [-0.2, -0.15) is 4.99 Å². The Hall–Kier alpha value is -3.78. The quantitative estimate of drug-likeness (QED) is 0.519. The minimum atomic E-state index is -0.386. The van der Waals surface area contributed by atoms with E-state index in [1.54, 1.807) is 23.6 Å². The van der Waals surface area contributed by atoms with Crippen molar-refractivity contribution < 1.29 is 14.0 Å². The van der Waals surface area contributed by atoms with Gasteiger partial charge < -0.3 is 8.98 Å². The van der Waals surface area contributed by atoms with E-state index in [-0.39, 0.29) is 24.0 Å². The molecular weight excluding hydrogens is 400 g/mol. The fraction of sp³-hybridized carbons (Fsp3) is 0.0909. The second kappa shape index (κ2) is 9.15. The zero-order valence-electron chi connectivity index (χ0n) is 15.9. The normalized spacial score (nSPS) is 11.4. The van der Waals surface area contributed by atoms with Crippen LogP contribution in [0, 0.1) is 0 Å². The summed E-state index contributed by atoms with van der Waals surface area (Å²) in [5.74, 6) is -0.495. The number of amides is 2. The molecular formula is C22H18N4O3S. The molecule has 0 saturated carbocycles. The first kappa shape index (κ1) is 19.5. The van der Waals surface area contributed by atoms with Crippen LogP contribution < -0.4 is 10.8 Å². The standard InChI is InChI=1S/C22H18N4O3S/c27-20(13-17-15-30-22(23-17)25-21(28)18-9-6-12-29-18)24-19-10-4-5-11-26(19)14-16-7-2-1-3-8-16/h1-12,15H,13-14H2,(H,23,25,28). The van der Waals surface area contributed by atoms with Gasteiger partial charge in [0.1, 0.15) is 5.49 Å². The average molecular weight is 418 g/mol. The van der Waals surface area contributed by atoms with Gasteiger partial charge in [0, 0.05) is 18.1 Å². The first-order valence-corrected chi connectivity index (χ1v) is 10.1. The number of anilines is 1. The molecule has 0 aliphatic carbocycles. The van der Waals surface area contributed by atoms with E-state index in [4.69, 9.17) is 4.42 Å². The number of nitrogens with zero attached hydrogens (tertiary/aromatic N) is 3. The van der Waals surface area contributed by atoms with Crippen LogP contribution >= 0.6 is 11.3 Å². The second-order valence-electron chi connectivity index (χ2n) is 6.43. The van der Waals surface area contributed by atoms with Crippen LogP contribution in [0.2, 0.25) is 0 Å². The lowest BCUT2D eigenvalue weighted by molar-refractivity contribution is -0.117. The highest BCUT2D eigenvalue weighted by Gasteiger charge is 2.12. The van der Waals surface area contributed by atoms with E-state index in [0.29, 0.717) is 22.9 Å². The highest BCUT2D eigenvalue weighted by molar-refractivity contribution is 7.14. The first-order chi connectivity index (χ1) is 14.7. The molecule has 8 heteroatoms. The van der Waals surface area contributed by atoms with Crippen LogP contribution in [-0.4, -0.2) is 21.4 Å². The maximum absolute atomic E-state index is 12.5. The number of thiazole rings is 1. The summed E-state index contributed by atoms with van der Waals surface area (Å²) in [7, 11) is 0. The number of hydrogen-bond donors (Lipinski definition) is 1. The van der Waals surface area contributed by atoms with Crippen molar-refractivity contribution in [2.24, 2.45) is 4.99 Å². The summed E-state index contributed by atoms with van der Waals surface area (Å²) in [6, 6.07) is 18.7. The average Bonchev–Trinajstić information content (AvgIpc) is 3.43. The minimum Gasteiger partial charge on any atom is -0.459 e. The smallest absolute Gasteiger partial charge is 0.293 e. The zero-order valence-corrected chi connectivity index (χ0v) is 16.7. The van der Waals surface area contributed by atoms with Crippen LogP contribution in [0.25, 0.3) is 0 Å². The highest BCUT2D eigenvalue weighted by Crippen LogP contribution is 2.17. The van der Waals surface area contributed by atoms with Gasteiger partial charge in [0.15, 0.2) is 10.9 Å². The Kier molecular flexibility index (Phi) is 5.95. The molecule has 7 nitrogen and oxygen atoms in total. The summed E-state index contributed by atoms with van der Waals surface area (Å²) in [4.78, 5) is 33.0. The molecule has 0 unspecified atom stereocenters. The molecule has 0 fully saturated rings. The molecule has 0 aliphatic heterocycles. The van der Waals surface area contributed by atoms with Gasteiger partial charge in [0.05, 0.1) is 18.4 Å². The first-order valence-electron chi connectivity index (χ1n) is 9.23. The lowest BCUT2D eigenvalue weighted by Crippen LogP contribution is -2.22. The zero-order chi connectivity index (χ0) is 20.8. The summed E-state index contributed by atoms with van der Waals surface area (Å²) in [6.07, 6.45) is 3.37. The van der Waals surface area contributed by atoms with Crippen molar-refractivity contribution in [1.29, 1.82) is 0 Å².